The maximum absolute atomic E-state index is 14.1. The Labute approximate surface area is 155 Å². The van der Waals surface area contributed by atoms with Gasteiger partial charge in [-0.15, -0.1) is 0 Å². The summed E-state index contributed by atoms with van der Waals surface area (Å²) in [5, 5.41) is 0.0834. The van der Waals surface area contributed by atoms with Gasteiger partial charge in [0.2, 0.25) is 5.91 Å². The molecule has 3 rings (SSSR count). The lowest BCUT2D eigenvalue weighted by molar-refractivity contribution is -0.120. The minimum absolute atomic E-state index is 0.0834. The van der Waals surface area contributed by atoms with E-state index in [-0.39, 0.29) is 23.0 Å². The molecule has 0 atom stereocenters. The molecule has 0 spiro atoms. The number of amides is 2. The number of methoxy groups -OCH3 is 1. The van der Waals surface area contributed by atoms with Gasteiger partial charge in [0, 0.05) is 18.8 Å². The van der Waals surface area contributed by atoms with Gasteiger partial charge in [-0.3, -0.25) is 9.59 Å². The molecule has 0 aromatic heterocycles. The van der Waals surface area contributed by atoms with Crippen molar-refractivity contribution in [3.8, 4) is 5.75 Å². The monoisotopic (exact) mass is 376 g/mol. The highest BCUT2D eigenvalue weighted by Gasteiger charge is 2.31. The first-order valence-electron chi connectivity index (χ1n) is 8.10. The number of rotatable bonds is 3. The zero-order valence-electron chi connectivity index (χ0n) is 14.5. The van der Waals surface area contributed by atoms with Crippen molar-refractivity contribution in [2.45, 2.75) is 6.92 Å². The second kappa shape index (κ2) is 7.33. The van der Waals surface area contributed by atoms with E-state index in [4.69, 9.17) is 16.3 Å². The number of aryl methyl sites for hydroxylation is 1. The minimum atomic E-state index is -0.685. The minimum Gasteiger partial charge on any atom is -0.497 e. The van der Waals surface area contributed by atoms with Crippen molar-refractivity contribution in [3.63, 3.8) is 0 Å². The Morgan fingerprint density at radius 2 is 1.85 bits per heavy atom. The lowest BCUT2D eigenvalue weighted by atomic mass is 10.1. The molecule has 136 valence electrons. The van der Waals surface area contributed by atoms with E-state index in [1.54, 1.807) is 43.2 Å². The third-order valence-corrected chi connectivity index (χ3v) is 4.88. The molecule has 2 amide bonds. The summed E-state index contributed by atoms with van der Waals surface area (Å²) in [6.45, 7) is 2.18. The van der Waals surface area contributed by atoms with Crippen molar-refractivity contribution in [2.24, 2.45) is 0 Å². The van der Waals surface area contributed by atoms with Gasteiger partial charge in [-0.25, -0.2) is 4.39 Å². The topological polar surface area (TPSA) is 49.9 Å². The van der Waals surface area contributed by atoms with Crippen molar-refractivity contribution in [2.75, 3.05) is 31.6 Å². The number of nitrogens with zero attached hydrogens (tertiary/aromatic N) is 2. The van der Waals surface area contributed by atoms with E-state index in [1.165, 1.54) is 17.0 Å². The number of ether oxygens (including phenoxy) is 1. The Hall–Kier alpha value is -2.60. The summed E-state index contributed by atoms with van der Waals surface area (Å²) >= 11 is 6.11. The number of halogens is 2. The smallest absolute Gasteiger partial charge is 0.258 e. The maximum Gasteiger partial charge on any atom is 0.258 e. The molecular formula is C19H18ClFN2O3. The van der Waals surface area contributed by atoms with Gasteiger partial charge in [0.15, 0.2) is 0 Å². The molecule has 0 N–H and O–H groups in total. The first kappa shape index (κ1) is 18.2. The van der Waals surface area contributed by atoms with Crippen LogP contribution in [0.5, 0.6) is 5.75 Å². The zero-order chi connectivity index (χ0) is 18.8. The zero-order valence-corrected chi connectivity index (χ0v) is 15.2. The number of carbonyl (C=O) groups is 2. The Bertz CT molecular complexity index is 855. The van der Waals surface area contributed by atoms with Crippen LogP contribution in [0.4, 0.5) is 10.1 Å². The number of benzene rings is 2. The van der Waals surface area contributed by atoms with Gasteiger partial charge < -0.3 is 14.5 Å². The number of anilines is 1. The van der Waals surface area contributed by atoms with Gasteiger partial charge in [-0.2, -0.15) is 0 Å². The summed E-state index contributed by atoms with van der Waals surface area (Å²) < 4.78 is 19.2. The van der Waals surface area contributed by atoms with Gasteiger partial charge in [0.1, 0.15) is 18.1 Å². The molecule has 26 heavy (non-hydrogen) atoms. The van der Waals surface area contributed by atoms with Gasteiger partial charge in [-0.05, 0) is 42.8 Å². The van der Waals surface area contributed by atoms with Crippen molar-refractivity contribution >= 4 is 29.1 Å². The molecule has 0 saturated carbocycles. The first-order valence-corrected chi connectivity index (χ1v) is 8.48. The third kappa shape index (κ3) is 3.37. The van der Waals surface area contributed by atoms with Gasteiger partial charge in [-0.1, -0.05) is 17.7 Å². The number of hydrogen-bond acceptors (Lipinski definition) is 3. The summed E-state index contributed by atoms with van der Waals surface area (Å²) in [5.41, 5.74) is 1.15. The second-order valence-electron chi connectivity index (χ2n) is 6.02. The Morgan fingerprint density at radius 3 is 2.46 bits per heavy atom. The number of carbonyl (C=O) groups excluding carboxylic acids is 2. The quantitative estimate of drug-likeness (QED) is 0.826. The molecule has 0 unspecified atom stereocenters. The molecule has 1 heterocycles. The highest BCUT2D eigenvalue weighted by molar-refractivity contribution is 6.34. The van der Waals surface area contributed by atoms with Crippen LogP contribution in [-0.4, -0.2) is 43.5 Å². The fourth-order valence-electron chi connectivity index (χ4n) is 2.89. The van der Waals surface area contributed by atoms with Crippen LogP contribution in [0.2, 0.25) is 5.02 Å². The van der Waals surface area contributed by atoms with Crippen molar-refractivity contribution < 1.29 is 18.7 Å². The number of hydrogen-bond donors (Lipinski definition) is 0. The Balaban J connectivity index is 1.77. The van der Waals surface area contributed by atoms with E-state index in [0.717, 1.165) is 5.69 Å². The summed E-state index contributed by atoms with van der Waals surface area (Å²) in [4.78, 5) is 28.1. The van der Waals surface area contributed by atoms with Gasteiger partial charge in [0.25, 0.3) is 5.91 Å². The van der Waals surface area contributed by atoms with E-state index in [2.05, 4.69) is 0 Å². The predicted octanol–water partition coefficient (Wildman–Crippen LogP) is 3.29. The molecule has 0 bridgehead atoms. The average Bonchev–Trinajstić information content (AvgIpc) is 2.65. The van der Waals surface area contributed by atoms with Crippen molar-refractivity contribution in [3.05, 3.63) is 58.4 Å². The van der Waals surface area contributed by atoms with E-state index < -0.39 is 11.7 Å². The van der Waals surface area contributed by atoms with E-state index >= 15 is 0 Å². The van der Waals surface area contributed by atoms with Crippen LogP contribution < -0.4 is 9.64 Å². The fraction of sp³-hybridized carbons (Fsp3) is 0.263. The first-order chi connectivity index (χ1) is 12.4. The summed E-state index contributed by atoms with van der Waals surface area (Å²) in [7, 11) is 1.57. The molecule has 2 aromatic carbocycles. The second-order valence-corrected chi connectivity index (χ2v) is 6.40. The number of piperazine rings is 1. The molecule has 5 nitrogen and oxygen atoms in total. The van der Waals surface area contributed by atoms with Crippen LogP contribution in [0.1, 0.15) is 15.9 Å². The molecule has 1 fully saturated rings. The standard InChI is InChI=1S/C19H18ClFN2O3/c1-12-3-8-15(21)17(18(12)20)19(25)22-9-10-23(16(24)11-22)13-4-6-14(26-2)7-5-13/h3-8H,9-11H2,1-2H3. The molecule has 1 aliphatic rings. The molecule has 2 aromatic rings. The van der Waals surface area contributed by atoms with E-state index in [9.17, 15) is 14.0 Å². The molecule has 7 heteroatoms. The summed E-state index contributed by atoms with van der Waals surface area (Å²) in [5.74, 6) is -0.798. The van der Waals surface area contributed by atoms with Crippen LogP contribution in [0.25, 0.3) is 0 Å². The lowest BCUT2D eigenvalue weighted by Crippen LogP contribution is -2.52. The average molecular weight is 377 g/mol. The largest absolute Gasteiger partial charge is 0.497 e. The van der Waals surface area contributed by atoms with Crippen LogP contribution in [0, 0.1) is 12.7 Å². The van der Waals surface area contributed by atoms with Gasteiger partial charge in [0.05, 0.1) is 17.7 Å². The van der Waals surface area contributed by atoms with Crippen molar-refractivity contribution in [1.82, 2.24) is 4.90 Å². The van der Waals surface area contributed by atoms with Crippen LogP contribution in [0.3, 0.4) is 0 Å². The SMILES string of the molecule is COc1ccc(N2CCN(C(=O)c3c(F)ccc(C)c3Cl)CC2=O)cc1. The molecular weight excluding hydrogens is 359 g/mol. The van der Waals surface area contributed by atoms with E-state index in [0.29, 0.717) is 24.4 Å². The van der Waals surface area contributed by atoms with Crippen molar-refractivity contribution in [1.29, 1.82) is 0 Å². The Kier molecular flexibility index (Phi) is 5.13. The fourth-order valence-corrected chi connectivity index (χ4v) is 3.13. The summed E-state index contributed by atoms with van der Waals surface area (Å²) in [6, 6.07) is 9.83. The van der Waals surface area contributed by atoms with Crippen LogP contribution in [-0.2, 0) is 4.79 Å². The summed E-state index contributed by atoms with van der Waals surface area (Å²) in [6.07, 6.45) is 0. The maximum atomic E-state index is 14.1. The molecule has 1 saturated heterocycles. The highest BCUT2D eigenvalue weighted by atomic mass is 35.5. The molecule has 0 aliphatic carbocycles. The van der Waals surface area contributed by atoms with Gasteiger partial charge >= 0.3 is 0 Å². The van der Waals surface area contributed by atoms with Crippen LogP contribution >= 0.6 is 11.6 Å². The predicted molar refractivity (Wildman–Crippen MR) is 97.4 cm³/mol. The van der Waals surface area contributed by atoms with E-state index in [1.807, 2.05) is 0 Å². The highest BCUT2D eigenvalue weighted by Crippen LogP contribution is 2.26. The lowest BCUT2D eigenvalue weighted by Gasteiger charge is -2.34. The molecule has 0 radical (unpaired) electrons. The molecule has 1 aliphatic heterocycles. The normalized spacial score (nSPS) is 14.5. The Morgan fingerprint density at radius 1 is 1.15 bits per heavy atom. The third-order valence-electron chi connectivity index (χ3n) is 4.39. The van der Waals surface area contributed by atoms with Crippen LogP contribution in [0.15, 0.2) is 36.4 Å².